The number of anilines is 1. The average Bonchev–Trinajstić information content (AvgIpc) is 3.77. The van der Waals surface area contributed by atoms with Gasteiger partial charge in [-0.1, -0.05) is 54.5 Å². The summed E-state index contributed by atoms with van der Waals surface area (Å²) in [5.74, 6) is 1.49. The molecular weight excluding hydrogens is 610 g/mol. The van der Waals surface area contributed by atoms with Crippen molar-refractivity contribution in [1.29, 1.82) is 0 Å². The van der Waals surface area contributed by atoms with Crippen LogP contribution in [0.5, 0.6) is 0 Å². The lowest BCUT2D eigenvalue weighted by atomic mass is 9.82. The summed E-state index contributed by atoms with van der Waals surface area (Å²) in [5.41, 5.74) is 1.81. The third-order valence-electron chi connectivity index (χ3n) is 10.3. The summed E-state index contributed by atoms with van der Waals surface area (Å²) in [6.07, 6.45) is 14.6. The highest BCUT2D eigenvalue weighted by Crippen LogP contribution is 2.42. The number of H-pyrrole nitrogens is 1. The standard InChI is InChI=1S/C34H50FN9S.C2H6/c1-22(2)17-26-24(19-38-42-26)28(23(3)4)31-29(35)30-25(18-37-31)32(43-14-6-10-33(5,21-43)20-39-45-36)41-27(40-30)9-13-34-11-7-15-44(34)16-8-12-34;1-2/h17-19,22-23,39,42H,6-16,20-21,36H2,1-5H3;1-2H3/b26-17+,28-24+;. The van der Waals surface area contributed by atoms with E-state index in [1.807, 2.05) is 13.8 Å². The van der Waals surface area contributed by atoms with Gasteiger partial charge in [-0.2, -0.15) is 5.10 Å². The van der Waals surface area contributed by atoms with Gasteiger partial charge in [-0.05, 0) is 80.9 Å². The molecule has 258 valence electrons. The van der Waals surface area contributed by atoms with Crippen LogP contribution in [0.4, 0.5) is 10.2 Å². The van der Waals surface area contributed by atoms with E-state index in [0.717, 1.165) is 85.2 Å². The van der Waals surface area contributed by atoms with Crippen molar-refractivity contribution in [3.8, 4) is 0 Å². The highest BCUT2D eigenvalue weighted by molar-refractivity contribution is 7.95. The first-order valence-corrected chi connectivity index (χ1v) is 18.7. The van der Waals surface area contributed by atoms with E-state index in [0.29, 0.717) is 22.5 Å². The van der Waals surface area contributed by atoms with E-state index in [4.69, 9.17) is 20.1 Å². The molecule has 1 atom stereocenters. The second-order valence-corrected chi connectivity index (χ2v) is 15.0. The summed E-state index contributed by atoms with van der Waals surface area (Å²) in [6.45, 7) is 19.5. The molecule has 0 aliphatic carbocycles. The Kier molecular flexibility index (Phi) is 11.6. The average molecular weight is 666 g/mol. The minimum atomic E-state index is -0.375. The topological polar surface area (TPSA) is 112 Å². The van der Waals surface area contributed by atoms with Crippen LogP contribution in [0.2, 0.25) is 0 Å². The van der Waals surface area contributed by atoms with Gasteiger partial charge in [0.15, 0.2) is 5.82 Å². The van der Waals surface area contributed by atoms with Crippen molar-refractivity contribution in [2.45, 2.75) is 105 Å². The SMILES string of the molecule is CC.CC(C)/C=c1/[nH]nc/c1=C(\c1ncc2c(N3CCCC(C)(CNSN)C3)nc(CCC34CCCN3CCC4)nc2c1F)C(C)C. The summed E-state index contributed by atoms with van der Waals surface area (Å²) in [6, 6.07) is 0. The molecule has 3 aromatic heterocycles. The summed E-state index contributed by atoms with van der Waals surface area (Å²) >= 11 is 1.16. The minimum absolute atomic E-state index is 0.0182. The lowest BCUT2D eigenvalue weighted by molar-refractivity contribution is 0.181. The Balaban J connectivity index is 0.00000213. The zero-order valence-corrected chi connectivity index (χ0v) is 30.4. The van der Waals surface area contributed by atoms with Gasteiger partial charge in [0, 0.05) is 55.1 Å². The molecule has 6 rings (SSSR count). The third kappa shape index (κ3) is 7.53. The maximum atomic E-state index is 17.0. The van der Waals surface area contributed by atoms with E-state index in [-0.39, 0.29) is 22.7 Å². The zero-order chi connectivity index (χ0) is 33.8. The number of hydrogen-bond donors (Lipinski definition) is 3. The van der Waals surface area contributed by atoms with E-state index in [1.54, 1.807) is 12.4 Å². The first-order chi connectivity index (χ1) is 22.6. The normalized spacial score (nSPS) is 22.3. The number of pyridine rings is 1. The molecular formula is C36H56FN9S. The number of halogens is 1. The van der Waals surface area contributed by atoms with Crippen molar-refractivity contribution < 1.29 is 4.39 Å². The second-order valence-electron chi connectivity index (χ2n) is 14.5. The summed E-state index contributed by atoms with van der Waals surface area (Å²) in [7, 11) is 0. The molecule has 3 fully saturated rings. The number of nitrogens with zero attached hydrogens (tertiary/aromatic N) is 6. The Morgan fingerprint density at radius 1 is 1.09 bits per heavy atom. The van der Waals surface area contributed by atoms with E-state index in [9.17, 15) is 0 Å². The molecule has 9 nitrogen and oxygen atoms in total. The molecule has 0 radical (unpaired) electrons. The molecule has 3 aromatic rings. The zero-order valence-electron chi connectivity index (χ0n) is 29.6. The van der Waals surface area contributed by atoms with Crippen LogP contribution in [0.25, 0.3) is 22.6 Å². The number of fused-ring (bicyclic) bond motifs is 2. The lowest BCUT2D eigenvalue weighted by Gasteiger charge is -2.41. The molecule has 11 heteroatoms. The maximum absolute atomic E-state index is 17.0. The number of rotatable bonds is 10. The Morgan fingerprint density at radius 2 is 1.81 bits per heavy atom. The van der Waals surface area contributed by atoms with Crippen LogP contribution in [0.3, 0.4) is 0 Å². The Bertz CT molecular complexity index is 1630. The summed E-state index contributed by atoms with van der Waals surface area (Å²) < 4.78 is 20.3. The van der Waals surface area contributed by atoms with Crippen molar-refractivity contribution in [2.24, 2.45) is 22.4 Å². The predicted molar refractivity (Wildman–Crippen MR) is 194 cm³/mol. The fraction of sp³-hybridized carbons (Fsp3) is 0.667. The molecule has 0 spiro atoms. The molecule has 0 saturated carbocycles. The van der Waals surface area contributed by atoms with E-state index >= 15 is 4.39 Å². The summed E-state index contributed by atoms with van der Waals surface area (Å²) in [5, 5.41) is 15.6. The van der Waals surface area contributed by atoms with Crippen molar-refractivity contribution in [1.82, 2.24) is 34.8 Å². The van der Waals surface area contributed by atoms with Gasteiger partial charge < -0.3 is 4.90 Å². The van der Waals surface area contributed by atoms with Gasteiger partial charge in [0.1, 0.15) is 22.9 Å². The van der Waals surface area contributed by atoms with Gasteiger partial charge in [-0.15, -0.1) is 0 Å². The maximum Gasteiger partial charge on any atom is 0.175 e. The van der Waals surface area contributed by atoms with Crippen LogP contribution in [0, 0.1) is 23.1 Å². The molecule has 4 N–H and O–H groups in total. The number of piperidine rings is 1. The summed E-state index contributed by atoms with van der Waals surface area (Å²) in [4.78, 5) is 20.0. The van der Waals surface area contributed by atoms with E-state index < -0.39 is 0 Å². The number of aryl methyl sites for hydroxylation is 1. The molecule has 0 amide bonds. The Hall–Kier alpha value is -2.60. The molecule has 3 aliphatic heterocycles. The first-order valence-electron chi connectivity index (χ1n) is 17.8. The fourth-order valence-corrected chi connectivity index (χ4v) is 8.58. The van der Waals surface area contributed by atoms with E-state index in [1.165, 1.54) is 38.8 Å². The second kappa shape index (κ2) is 15.3. The smallest absolute Gasteiger partial charge is 0.175 e. The number of nitrogens with one attached hydrogen (secondary N) is 2. The monoisotopic (exact) mass is 665 g/mol. The molecule has 3 aliphatic rings. The van der Waals surface area contributed by atoms with Gasteiger partial charge in [-0.3, -0.25) is 24.8 Å². The Labute approximate surface area is 284 Å². The highest BCUT2D eigenvalue weighted by Gasteiger charge is 2.43. The Morgan fingerprint density at radius 3 is 2.49 bits per heavy atom. The van der Waals surface area contributed by atoms with Crippen molar-refractivity contribution in [3.63, 3.8) is 0 Å². The third-order valence-corrected chi connectivity index (χ3v) is 10.6. The van der Waals surface area contributed by atoms with Crippen LogP contribution in [-0.4, -0.2) is 68.3 Å². The number of aromatic amines is 1. The number of aromatic nitrogens is 5. The molecule has 3 saturated heterocycles. The van der Waals surface area contributed by atoms with Crippen molar-refractivity contribution in [3.05, 3.63) is 40.3 Å². The van der Waals surface area contributed by atoms with Crippen LogP contribution in [-0.2, 0) is 6.42 Å². The molecule has 6 heterocycles. The van der Waals surface area contributed by atoms with Gasteiger partial charge >= 0.3 is 0 Å². The van der Waals surface area contributed by atoms with Gasteiger partial charge in [-0.25, -0.2) is 14.4 Å². The number of nitrogens with two attached hydrogens (primary N) is 1. The van der Waals surface area contributed by atoms with Crippen molar-refractivity contribution in [2.75, 3.05) is 37.6 Å². The van der Waals surface area contributed by atoms with E-state index in [2.05, 4.69) is 65.4 Å². The quantitative estimate of drug-likeness (QED) is 0.242. The first kappa shape index (κ1) is 35.7. The van der Waals surface area contributed by atoms with Crippen LogP contribution in [0.15, 0.2) is 12.4 Å². The highest BCUT2D eigenvalue weighted by atomic mass is 32.2. The predicted octanol–water partition coefficient (Wildman–Crippen LogP) is 5.48. The lowest BCUT2D eigenvalue weighted by Crippen LogP contribution is -2.46. The van der Waals surface area contributed by atoms with Gasteiger partial charge in [0.05, 0.1) is 16.9 Å². The van der Waals surface area contributed by atoms with Gasteiger partial charge in [0.25, 0.3) is 0 Å². The molecule has 47 heavy (non-hydrogen) atoms. The molecule has 0 aromatic carbocycles. The number of hydrogen-bond acceptors (Lipinski definition) is 9. The largest absolute Gasteiger partial charge is 0.355 e. The van der Waals surface area contributed by atoms with Crippen LogP contribution < -0.4 is 25.3 Å². The van der Waals surface area contributed by atoms with Crippen molar-refractivity contribution >= 4 is 40.5 Å². The van der Waals surface area contributed by atoms with Crippen LogP contribution >= 0.6 is 12.1 Å². The van der Waals surface area contributed by atoms with Gasteiger partial charge in [0.2, 0.25) is 0 Å². The fourth-order valence-electron chi connectivity index (χ4n) is 8.15. The van der Waals surface area contributed by atoms with Crippen LogP contribution in [0.1, 0.15) is 105 Å². The molecule has 0 bridgehead atoms. The molecule has 1 unspecified atom stereocenters. The minimum Gasteiger partial charge on any atom is -0.355 e.